The highest BCUT2D eigenvalue weighted by Gasteiger charge is 2.02. The smallest absolute Gasteiger partial charge is 0.265 e. The summed E-state index contributed by atoms with van der Waals surface area (Å²) in [6.07, 6.45) is 4.34. The Morgan fingerprint density at radius 3 is 2.21 bits per heavy atom. The van der Waals surface area contributed by atoms with Gasteiger partial charge in [-0.05, 0) is 24.3 Å². The van der Waals surface area contributed by atoms with E-state index in [2.05, 4.69) is 25.8 Å². The van der Waals surface area contributed by atoms with Crippen LogP contribution < -0.4 is 5.43 Å². The maximum absolute atomic E-state index is 9.71. The van der Waals surface area contributed by atoms with Crippen molar-refractivity contribution in [1.82, 2.24) is 14.9 Å². The third kappa shape index (κ3) is 3.55. The molecule has 0 aliphatic rings. The summed E-state index contributed by atoms with van der Waals surface area (Å²) in [6, 6.07) is 13.6. The minimum absolute atomic E-state index is 0.126. The van der Waals surface area contributed by atoms with Crippen molar-refractivity contribution in [3.05, 3.63) is 66.0 Å². The Hall–Kier alpha value is -3.68. The first kappa shape index (κ1) is 15.2. The maximum atomic E-state index is 9.71. The monoisotopic (exact) mass is 322 g/mol. The number of hydrazone groups is 1. The molecule has 1 heterocycles. The number of anilines is 1. The number of nitrogens with zero attached hydrogens (tertiary/aromatic N) is 5. The molecule has 120 valence electrons. The van der Waals surface area contributed by atoms with Gasteiger partial charge in [-0.15, -0.1) is 10.2 Å². The third-order valence-electron chi connectivity index (χ3n) is 3.09. The molecule has 0 amide bonds. The molecule has 0 aliphatic carbocycles. The second-order valence-corrected chi connectivity index (χ2v) is 4.73. The van der Waals surface area contributed by atoms with Crippen LogP contribution in [0, 0.1) is 0 Å². The predicted octanol–water partition coefficient (Wildman–Crippen LogP) is 2.02. The van der Waals surface area contributed by atoms with Gasteiger partial charge in [0.1, 0.15) is 17.8 Å². The van der Waals surface area contributed by atoms with Crippen molar-refractivity contribution in [3.63, 3.8) is 0 Å². The second kappa shape index (κ2) is 7.05. The Kier molecular flexibility index (Phi) is 4.47. The fraction of sp³-hybridized carbons (Fsp3) is 0. The van der Waals surface area contributed by atoms with Gasteiger partial charge in [0.15, 0.2) is 0 Å². The lowest BCUT2D eigenvalue weighted by Crippen LogP contribution is -1.99. The third-order valence-corrected chi connectivity index (χ3v) is 3.09. The van der Waals surface area contributed by atoms with Gasteiger partial charge in [0.05, 0.1) is 12.4 Å². The summed E-state index contributed by atoms with van der Waals surface area (Å²) >= 11 is 0. The molecule has 0 saturated carbocycles. The molecular formula is C16H14N6O2. The van der Waals surface area contributed by atoms with Gasteiger partial charge in [-0.3, -0.25) is 0 Å². The van der Waals surface area contributed by atoms with Crippen LogP contribution in [0.15, 0.2) is 65.1 Å². The highest BCUT2D eigenvalue weighted by Crippen LogP contribution is 2.14. The van der Waals surface area contributed by atoms with Crippen molar-refractivity contribution < 1.29 is 10.2 Å². The van der Waals surface area contributed by atoms with Gasteiger partial charge < -0.3 is 10.2 Å². The summed E-state index contributed by atoms with van der Waals surface area (Å²) < 4.78 is 1.37. The van der Waals surface area contributed by atoms with E-state index >= 15 is 0 Å². The van der Waals surface area contributed by atoms with Crippen LogP contribution in [0.25, 0.3) is 0 Å². The summed E-state index contributed by atoms with van der Waals surface area (Å²) in [7, 11) is 0. The van der Waals surface area contributed by atoms with Crippen LogP contribution in [0.2, 0.25) is 0 Å². The fourth-order valence-corrected chi connectivity index (χ4v) is 1.87. The van der Waals surface area contributed by atoms with Crippen LogP contribution in [-0.4, -0.2) is 37.5 Å². The maximum Gasteiger partial charge on any atom is 0.265 e. The number of rotatable bonds is 5. The zero-order valence-corrected chi connectivity index (χ0v) is 12.5. The predicted molar refractivity (Wildman–Crippen MR) is 90.4 cm³/mol. The molecule has 0 radical (unpaired) electrons. The van der Waals surface area contributed by atoms with Gasteiger partial charge >= 0.3 is 0 Å². The van der Waals surface area contributed by atoms with Gasteiger partial charge in [0.2, 0.25) is 0 Å². The van der Waals surface area contributed by atoms with Crippen molar-refractivity contribution in [2.75, 3.05) is 5.43 Å². The number of aromatic hydroxyl groups is 2. The highest BCUT2D eigenvalue weighted by molar-refractivity contribution is 5.84. The number of benzene rings is 2. The molecule has 0 saturated heterocycles. The van der Waals surface area contributed by atoms with E-state index in [1.807, 2.05) is 0 Å². The zero-order valence-electron chi connectivity index (χ0n) is 12.5. The van der Waals surface area contributed by atoms with E-state index in [1.54, 1.807) is 48.5 Å². The van der Waals surface area contributed by atoms with Crippen LogP contribution in [0.4, 0.5) is 5.95 Å². The van der Waals surface area contributed by atoms with E-state index in [0.29, 0.717) is 11.1 Å². The fourth-order valence-electron chi connectivity index (χ4n) is 1.87. The molecule has 3 rings (SSSR count). The van der Waals surface area contributed by atoms with Crippen LogP contribution in [0.5, 0.6) is 11.5 Å². The lowest BCUT2D eigenvalue weighted by Gasteiger charge is -2.00. The Morgan fingerprint density at radius 2 is 1.54 bits per heavy atom. The van der Waals surface area contributed by atoms with Crippen molar-refractivity contribution in [1.29, 1.82) is 0 Å². The minimum Gasteiger partial charge on any atom is -0.507 e. The standard InChI is InChI=1S/C16H14N6O2/c23-14-7-3-1-5-12(14)9-17-20-16-21-18-11-22(16)19-10-13-6-2-4-8-15(13)24/h1-11,23-24H,(H,20,21). The van der Waals surface area contributed by atoms with Crippen molar-refractivity contribution in [2.45, 2.75) is 0 Å². The average molecular weight is 322 g/mol. The first-order valence-electron chi connectivity index (χ1n) is 7.03. The molecule has 8 heteroatoms. The van der Waals surface area contributed by atoms with E-state index in [4.69, 9.17) is 0 Å². The number of phenols is 2. The summed E-state index contributed by atoms with van der Waals surface area (Å²) in [6.45, 7) is 0. The van der Waals surface area contributed by atoms with E-state index in [1.165, 1.54) is 23.4 Å². The number of nitrogens with one attached hydrogen (secondary N) is 1. The SMILES string of the molecule is Oc1ccccc1C=NNc1nncn1N=Cc1ccccc1O. The van der Waals surface area contributed by atoms with E-state index in [-0.39, 0.29) is 17.4 Å². The Labute approximate surface area is 137 Å². The topological polar surface area (TPSA) is 108 Å². The molecule has 0 atom stereocenters. The molecule has 0 fully saturated rings. The van der Waals surface area contributed by atoms with Gasteiger partial charge in [0.25, 0.3) is 5.95 Å². The lowest BCUT2D eigenvalue weighted by atomic mass is 10.2. The minimum atomic E-state index is 0.126. The lowest BCUT2D eigenvalue weighted by molar-refractivity contribution is 0.474. The number of aromatic nitrogens is 3. The molecule has 24 heavy (non-hydrogen) atoms. The first-order chi connectivity index (χ1) is 11.7. The Balaban J connectivity index is 1.72. The van der Waals surface area contributed by atoms with Crippen molar-refractivity contribution >= 4 is 18.4 Å². The molecule has 0 aliphatic heterocycles. The molecule has 0 bridgehead atoms. The second-order valence-electron chi connectivity index (χ2n) is 4.73. The average Bonchev–Trinajstić information content (AvgIpc) is 3.03. The molecule has 3 N–H and O–H groups in total. The summed E-state index contributed by atoms with van der Waals surface area (Å²) in [5.41, 5.74) is 3.82. The van der Waals surface area contributed by atoms with E-state index in [9.17, 15) is 10.2 Å². The van der Waals surface area contributed by atoms with Gasteiger partial charge in [-0.2, -0.15) is 14.9 Å². The van der Waals surface area contributed by atoms with Crippen molar-refractivity contribution in [3.8, 4) is 11.5 Å². The zero-order chi connectivity index (χ0) is 16.8. The largest absolute Gasteiger partial charge is 0.507 e. The van der Waals surface area contributed by atoms with Crippen LogP contribution in [-0.2, 0) is 0 Å². The van der Waals surface area contributed by atoms with Crippen LogP contribution >= 0.6 is 0 Å². The number of hydrogen-bond acceptors (Lipinski definition) is 7. The number of hydrogen-bond donors (Lipinski definition) is 3. The molecular weight excluding hydrogens is 308 g/mol. The molecule has 8 nitrogen and oxygen atoms in total. The van der Waals surface area contributed by atoms with E-state index in [0.717, 1.165) is 0 Å². The van der Waals surface area contributed by atoms with E-state index < -0.39 is 0 Å². The molecule has 3 aromatic rings. The summed E-state index contributed by atoms with van der Waals surface area (Å²) in [5, 5.41) is 35.1. The molecule has 0 unspecified atom stereocenters. The number of para-hydroxylation sites is 2. The highest BCUT2D eigenvalue weighted by atomic mass is 16.3. The van der Waals surface area contributed by atoms with Gasteiger partial charge in [-0.1, -0.05) is 24.3 Å². The van der Waals surface area contributed by atoms with Gasteiger partial charge in [0, 0.05) is 11.1 Å². The normalized spacial score (nSPS) is 11.3. The van der Waals surface area contributed by atoms with Gasteiger partial charge in [-0.25, -0.2) is 5.43 Å². The quantitative estimate of drug-likeness (QED) is 0.492. The Bertz CT molecular complexity index is 888. The molecule has 2 aromatic carbocycles. The van der Waals surface area contributed by atoms with Crippen molar-refractivity contribution in [2.24, 2.45) is 10.2 Å². The molecule has 0 spiro atoms. The van der Waals surface area contributed by atoms with Crippen LogP contribution in [0.3, 0.4) is 0 Å². The Morgan fingerprint density at radius 1 is 0.917 bits per heavy atom. The number of phenolic OH excluding ortho intramolecular Hbond substituents is 2. The van der Waals surface area contributed by atoms with Crippen LogP contribution in [0.1, 0.15) is 11.1 Å². The molecule has 1 aromatic heterocycles. The summed E-state index contributed by atoms with van der Waals surface area (Å²) in [5.74, 6) is 0.539. The summed E-state index contributed by atoms with van der Waals surface area (Å²) in [4.78, 5) is 0. The first-order valence-corrected chi connectivity index (χ1v) is 7.03.